The number of ether oxygens (including phenoxy) is 1. The van der Waals surface area contributed by atoms with Gasteiger partial charge in [-0.1, -0.05) is 6.58 Å². The van der Waals surface area contributed by atoms with E-state index in [9.17, 15) is 22.4 Å². The molecule has 6 heteroatoms. The molecule has 0 saturated carbocycles. The summed E-state index contributed by atoms with van der Waals surface area (Å²) in [5, 5.41) is 0. The van der Waals surface area contributed by atoms with Crippen LogP contribution in [0.4, 0.5) is 17.6 Å². The Labute approximate surface area is 65.8 Å². The van der Waals surface area contributed by atoms with Gasteiger partial charge in [0.2, 0.25) is 0 Å². The maximum atomic E-state index is 12.4. The minimum Gasteiger partial charge on any atom is -0.416 e. The van der Waals surface area contributed by atoms with Crippen molar-refractivity contribution >= 4 is 5.97 Å². The van der Waals surface area contributed by atoms with Crippen molar-refractivity contribution in [2.75, 3.05) is 0 Å². The Morgan fingerprint density at radius 2 is 1.83 bits per heavy atom. The topological polar surface area (TPSA) is 26.3 Å². The van der Waals surface area contributed by atoms with E-state index in [2.05, 4.69) is 11.3 Å². The van der Waals surface area contributed by atoms with Crippen LogP contribution < -0.4 is 0 Å². The van der Waals surface area contributed by atoms with Crippen LogP contribution in [-0.4, -0.2) is 18.0 Å². The first-order valence-electron chi connectivity index (χ1n) is 2.82. The van der Waals surface area contributed by atoms with E-state index < -0.39 is 18.0 Å². The van der Waals surface area contributed by atoms with Crippen molar-refractivity contribution in [1.29, 1.82) is 0 Å². The first-order valence-corrected chi connectivity index (χ1v) is 2.82. The largest absolute Gasteiger partial charge is 0.460 e. The van der Waals surface area contributed by atoms with Crippen molar-refractivity contribution in [2.24, 2.45) is 0 Å². The van der Waals surface area contributed by atoms with E-state index in [1.165, 1.54) is 0 Å². The van der Waals surface area contributed by atoms with Gasteiger partial charge >= 0.3 is 18.0 Å². The molecular formula is C6H6F4O2. The molecule has 0 N–H and O–H groups in total. The zero-order chi connectivity index (χ0) is 9.99. The highest BCUT2D eigenvalue weighted by atomic mass is 19.4. The number of alkyl halides is 4. The van der Waals surface area contributed by atoms with Crippen LogP contribution in [0.2, 0.25) is 0 Å². The number of carbonyl (C=O) groups excluding carboxylic acids is 1. The molecule has 0 heterocycles. The second-order valence-electron chi connectivity index (χ2n) is 2.04. The fraction of sp³-hybridized carbons (Fsp3) is 0.500. The normalized spacial score (nSPS) is 16.4. The fourth-order valence-electron chi connectivity index (χ4n) is 0.288. The summed E-state index contributed by atoms with van der Waals surface area (Å²) in [5.74, 6) is -5.42. The molecule has 0 amide bonds. The second kappa shape index (κ2) is 3.12. The monoisotopic (exact) mass is 186 g/mol. The van der Waals surface area contributed by atoms with Crippen molar-refractivity contribution in [1.82, 2.24) is 0 Å². The predicted molar refractivity (Wildman–Crippen MR) is 31.9 cm³/mol. The quantitative estimate of drug-likeness (QED) is 0.374. The Morgan fingerprint density at radius 1 is 1.42 bits per heavy atom. The average Bonchev–Trinajstić information content (AvgIpc) is 1.84. The molecule has 0 radical (unpaired) electrons. The van der Waals surface area contributed by atoms with E-state index in [0.29, 0.717) is 6.08 Å². The van der Waals surface area contributed by atoms with E-state index in [4.69, 9.17) is 0 Å². The molecule has 12 heavy (non-hydrogen) atoms. The highest BCUT2D eigenvalue weighted by Gasteiger charge is 2.55. The van der Waals surface area contributed by atoms with Gasteiger partial charge in [-0.15, -0.1) is 0 Å². The lowest BCUT2D eigenvalue weighted by atomic mass is 10.3. The van der Waals surface area contributed by atoms with Crippen LogP contribution >= 0.6 is 0 Å². The van der Waals surface area contributed by atoms with Gasteiger partial charge in [0.1, 0.15) is 0 Å². The van der Waals surface area contributed by atoms with E-state index in [1.807, 2.05) is 0 Å². The van der Waals surface area contributed by atoms with Gasteiger partial charge in [0.15, 0.2) is 0 Å². The van der Waals surface area contributed by atoms with Crippen LogP contribution in [-0.2, 0) is 9.53 Å². The molecule has 0 rings (SSSR count). The lowest BCUT2D eigenvalue weighted by Gasteiger charge is -2.22. The first-order chi connectivity index (χ1) is 5.20. The molecule has 0 fully saturated rings. The highest BCUT2D eigenvalue weighted by molar-refractivity contribution is 5.81. The third-order valence-electron chi connectivity index (χ3n) is 0.965. The van der Waals surface area contributed by atoms with Gasteiger partial charge in [-0.3, -0.25) is 0 Å². The maximum absolute atomic E-state index is 12.4. The summed E-state index contributed by atoms with van der Waals surface area (Å²) in [6.07, 6.45) is -4.78. The average molecular weight is 186 g/mol. The molecular weight excluding hydrogens is 180 g/mol. The van der Waals surface area contributed by atoms with E-state index in [-0.39, 0.29) is 6.92 Å². The standard InChI is InChI=1S/C6H6F4O2/c1-3-4(11)12-5(2,7)6(8,9)10/h3H,1H2,2H3. The summed E-state index contributed by atoms with van der Waals surface area (Å²) in [7, 11) is 0. The maximum Gasteiger partial charge on any atom is 0.460 e. The number of carbonyl (C=O) groups is 1. The van der Waals surface area contributed by atoms with Crippen LogP contribution in [0.15, 0.2) is 12.7 Å². The van der Waals surface area contributed by atoms with Crippen molar-refractivity contribution in [3.8, 4) is 0 Å². The van der Waals surface area contributed by atoms with Crippen molar-refractivity contribution in [3.05, 3.63) is 12.7 Å². The zero-order valence-corrected chi connectivity index (χ0v) is 6.11. The molecule has 70 valence electrons. The summed E-state index contributed by atoms with van der Waals surface area (Å²) >= 11 is 0. The van der Waals surface area contributed by atoms with Gasteiger partial charge in [0.05, 0.1) is 0 Å². The van der Waals surface area contributed by atoms with Crippen molar-refractivity contribution < 1.29 is 27.1 Å². The molecule has 0 saturated heterocycles. The lowest BCUT2D eigenvalue weighted by Crippen LogP contribution is -2.41. The third kappa shape index (κ3) is 2.52. The Balaban J connectivity index is 4.43. The smallest absolute Gasteiger partial charge is 0.416 e. The fourth-order valence-corrected chi connectivity index (χ4v) is 0.288. The van der Waals surface area contributed by atoms with Gasteiger partial charge in [0.25, 0.3) is 0 Å². The Hall–Kier alpha value is -1.07. The minimum atomic E-state index is -5.23. The molecule has 0 bridgehead atoms. The number of rotatable bonds is 2. The Kier molecular flexibility index (Phi) is 2.84. The summed E-state index contributed by atoms with van der Waals surface area (Å²) < 4.78 is 50.8. The second-order valence-corrected chi connectivity index (χ2v) is 2.04. The summed E-state index contributed by atoms with van der Waals surface area (Å²) in [4.78, 5) is 10.2. The highest BCUT2D eigenvalue weighted by Crippen LogP contribution is 2.34. The lowest BCUT2D eigenvalue weighted by molar-refractivity contribution is -0.310. The van der Waals surface area contributed by atoms with E-state index >= 15 is 0 Å². The third-order valence-corrected chi connectivity index (χ3v) is 0.965. The van der Waals surface area contributed by atoms with E-state index in [0.717, 1.165) is 0 Å². The van der Waals surface area contributed by atoms with Gasteiger partial charge in [-0.25, -0.2) is 4.79 Å². The van der Waals surface area contributed by atoms with E-state index in [1.54, 1.807) is 0 Å². The summed E-state index contributed by atoms with van der Waals surface area (Å²) in [5.41, 5.74) is 0. The molecule has 0 aliphatic carbocycles. The molecule has 0 aliphatic rings. The van der Waals surface area contributed by atoms with Crippen molar-refractivity contribution in [2.45, 2.75) is 19.0 Å². The van der Waals surface area contributed by atoms with Crippen LogP contribution in [0.5, 0.6) is 0 Å². The molecule has 0 aliphatic heterocycles. The summed E-state index contributed by atoms with van der Waals surface area (Å²) in [6.45, 7) is 2.92. The van der Waals surface area contributed by atoms with Gasteiger partial charge < -0.3 is 4.74 Å². The molecule has 0 aromatic heterocycles. The molecule has 0 aromatic rings. The molecule has 1 atom stereocenters. The predicted octanol–water partition coefficient (Wildman–Crippen LogP) is 1.96. The van der Waals surface area contributed by atoms with Crippen molar-refractivity contribution in [3.63, 3.8) is 0 Å². The Morgan fingerprint density at radius 3 is 2.08 bits per heavy atom. The SMILES string of the molecule is C=CC(=O)OC(C)(F)C(F)(F)F. The number of esters is 1. The number of hydrogen-bond donors (Lipinski definition) is 0. The summed E-state index contributed by atoms with van der Waals surface area (Å²) in [6, 6.07) is 0. The molecule has 0 aromatic carbocycles. The first kappa shape index (κ1) is 10.9. The molecule has 0 spiro atoms. The Bertz CT molecular complexity index is 194. The number of hydrogen-bond acceptors (Lipinski definition) is 2. The van der Waals surface area contributed by atoms with Crippen LogP contribution in [0, 0.1) is 0 Å². The van der Waals surface area contributed by atoms with Gasteiger partial charge in [-0.2, -0.15) is 17.6 Å². The van der Waals surface area contributed by atoms with Crippen LogP contribution in [0.3, 0.4) is 0 Å². The molecule has 2 nitrogen and oxygen atoms in total. The van der Waals surface area contributed by atoms with Crippen LogP contribution in [0.1, 0.15) is 6.92 Å². The van der Waals surface area contributed by atoms with Crippen LogP contribution in [0.25, 0.3) is 0 Å². The molecule has 1 unspecified atom stereocenters. The zero-order valence-electron chi connectivity index (χ0n) is 6.11. The minimum absolute atomic E-state index is 0.106. The number of halogens is 4. The van der Waals surface area contributed by atoms with Gasteiger partial charge in [-0.05, 0) is 0 Å². The van der Waals surface area contributed by atoms with Gasteiger partial charge in [0, 0.05) is 13.0 Å².